The fourth-order valence-electron chi connectivity index (χ4n) is 21.3. The average Bonchev–Trinajstić information content (AvgIpc) is 1.54. The van der Waals surface area contributed by atoms with Gasteiger partial charge >= 0.3 is 0 Å². The molecule has 8 aromatic heterocycles. The fourth-order valence-corrected chi connectivity index (χ4v) is 21.3. The van der Waals surface area contributed by atoms with Crippen LogP contribution in [0.3, 0.4) is 0 Å². The van der Waals surface area contributed by atoms with Crippen molar-refractivity contribution < 1.29 is 0 Å². The molecule has 0 spiro atoms. The number of aromatic nitrogens is 10. The Labute approximate surface area is 769 Å². The minimum atomic E-state index is 0.810. The van der Waals surface area contributed by atoms with Crippen molar-refractivity contribution >= 4 is 153 Å². The van der Waals surface area contributed by atoms with E-state index in [1.54, 1.807) is 0 Å². The molecule has 0 aliphatic carbocycles. The molecule has 0 aliphatic rings. The normalized spacial score (nSPS) is 11.9. The van der Waals surface area contributed by atoms with E-state index >= 15 is 0 Å². The van der Waals surface area contributed by atoms with Gasteiger partial charge in [0.05, 0.1) is 88.3 Å². The van der Waals surface area contributed by atoms with Gasteiger partial charge in [0.25, 0.3) is 0 Å². The first kappa shape index (κ1) is 76.0. The van der Waals surface area contributed by atoms with Crippen molar-refractivity contribution in [2.24, 2.45) is 0 Å². The molecule has 0 atom stereocenters. The summed E-state index contributed by atoms with van der Waals surface area (Å²) in [4.78, 5) is 21.2. The number of benzene rings is 20. The monoisotopic (exact) mass is 1710 g/mol. The molecule has 0 fully saturated rings. The Kier molecular flexibility index (Phi) is 17.5. The summed E-state index contributed by atoms with van der Waals surface area (Å²) in [6.07, 6.45) is 0. The maximum atomic E-state index is 5.36. The molecule has 0 radical (unpaired) electrons. The molecule has 0 bridgehead atoms. The lowest BCUT2D eigenvalue weighted by Gasteiger charge is -2.14. The van der Waals surface area contributed by atoms with Gasteiger partial charge in [-0.1, -0.05) is 322 Å². The van der Waals surface area contributed by atoms with Gasteiger partial charge in [-0.2, -0.15) is 0 Å². The molecule has 0 aliphatic heterocycles. The van der Waals surface area contributed by atoms with Crippen molar-refractivity contribution in [3.05, 3.63) is 473 Å². The molecule has 0 saturated carbocycles. The van der Waals surface area contributed by atoms with Crippen LogP contribution in [0.1, 0.15) is 0 Å². The molecule has 28 aromatic rings. The lowest BCUT2D eigenvalue weighted by atomic mass is 9.98. The van der Waals surface area contributed by atoms with Crippen LogP contribution in [0.2, 0.25) is 0 Å². The van der Waals surface area contributed by atoms with Crippen LogP contribution in [0, 0.1) is 0 Å². The van der Waals surface area contributed by atoms with Crippen LogP contribution in [0.15, 0.2) is 473 Å². The summed E-state index contributed by atoms with van der Waals surface area (Å²) in [6, 6.07) is 170. The summed E-state index contributed by atoms with van der Waals surface area (Å²) in [7, 11) is 0. The summed E-state index contributed by atoms with van der Waals surface area (Å²) in [5.74, 6) is 1.62. The second-order valence-corrected chi connectivity index (χ2v) is 34.7. The Hall–Kier alpha value is -18.1. The van der Waals surface area contributed by atoms with Crippen molar-refractivity contribution in [1.82, 2.24) is 47.3 Å². The number of hydrogen-bond acceptors (Lipinski definition) is 4. The Bertz CT molecular complexity index is 9560. The van der Waals surface area contributed by atoms with Crippen molar-refractivity contribution in [3.63, 3.8) is 0 Å². The first-order valence-electron chi connectivity index (χ1n) is 45.7. The lowest BCUT2D eigenvalue weighted by molar-refractivity contribution is 1.08. The van der Waals surface area contributed by atoms with E-state index in [-0.39, 0.29) is 0 Å². The van der Waals surface area contributed by atoms with Crippen LogP contribution in [0.4, 0.5) is 0 Å². The van der Waals surface area contributed by atoms with E-state index < -0.39 is 0 Å². The summed E-state index contributed by atoms with van der Waals surface area (Å²) in [5.41, 5.74) is 34.9. The van der Waals surface area contributed by atoms with E-state index in [4.69, 9.17) is 19.9 Å². The van der Waals surface area contributed by atoms with E-state index in [0.29, 0.717) is 0 Å². The van der Waals surface area contributed by atoms with Crippen LogP contribution >= 0.6 is 0 Å². The Balaban J connectivity index is 0.000000136. The zero-order valence-electron chi connectivity index (χ0n) is 72.5. The molecule has 0 amide bonds. The molecule has 624 valence electrons. The second-order valence-electron chi connectivity index (χ2n) is 34.7. The smallest absolute Gasteiger partial charge is 0.165 e. The molecular formula is C124H78N10. The highest BCUT2D eigenvalue weighted by atomic mass is 15.1. The van der Waals surface area contributed by atoms with Crippen LogP contribution in [0.5, 0.6) is 0 Å². The highest BCUT2D eigenvalue weighted by molar-refractivity contribution is 6.31. The third-order valence-corrected chi connectivity index (χ3v) is 27.2. The number of nitrogens with zero attached hydrogens (tertiary/aromatic N) is 10. The molecule has 0 N–H and O–H groups in total. The van der Waals surface area contributed by atoms with Gasteiger partial charge in [0.2, 0.25) is 0 Å². The predicted octanol–water partition coefficient (Wildman–Crippen LogP) is 31.8. The van der Waals surface area contributed by atoms with E-state index in [1.807, 2.05) is 60.7 Å². The summed E-state index contributed by atoms with van der Waals surface area (Å²) in [6.45, 7) is 0. The maximum absolute atomic E-state index is 5.36. The largest absolute Gasteiger partial charge is 0.309 e. The predicted molar refractivity (Wildman–Crippen MR) is 558 cm³/mol. The van der Waals surface area contributed by atoms with Crippen molar-refractivity contribution in [3.8, 4) is 101 Å². The molecule has 8 heterocycles. The van der Waals surface area contributed by atoms with Crippen LogP contribution in [0.25, 0.3) is 254 Å². The van der Waals surface area contributed by atoms with Gasteiger partial charge in [-0.05, 0) is 196 Å². The summed E-state index contributed by atoms with van der Waals surface area (Å²) < 4.78 is 14.4. The fraction of sp³-hybridized carbons (Fsp3) is 0. The first-order chi connectivity index (χ1) is 66.5. The van der Waals surface area contributed by atoms with Crippen molar-refractivity contribution in [2.45, 2.75) is 0 Å². The number of hydrogen-bond donors (Lipinski definition) is 0. The zero-order valence-corrected chi connectivity index (χ0v) is 72.5. The lowest BCUT2D eigenvalue weighted by Crippen LogP contribution is -2.03. The van der Waals surface area contributed by atoms with Gasteiger partial charge in [-0.3, -0.25) is 9.13 Å². The highest BCUT2D eigenvalue weighted by Gasteiger charge is 2.28. The Morgan fingerprint density at radius 3 is 0.739 bits per heavy atom. The quantitative estimate of drug-likeness (QED) is 0.122. The van der Waals surface area contributed by atoms with Gasteiger partial charge in [0, 0.05) is 98.5 Å². The molecule has 134 heavy (non-hydrogen) atoms. The van der Waals surface area contributed by atoms with Gasteiger partial charge in [-0.15, -0.1) is 0 Å². The van der Waals surface area contributed by atoms with Gasteiger partial charge in [0.1, 0.15) is 11.4 Å². The first-order valence-corrected chi connectivity index (χ1v) is 45.7. The number of rotatable bonds is 12. The van der Waals surface area contributed by atoms with E-state index in [0.717, 1.165) is 139 Å². The molecule has 10 nitrogen and oxygen atoms in total. The van der Waals surface area contributed by atoms with E-state index in [1.165, 1.54) is 115 Å². The molecule has 10 heteroatoms. The SMILES string of the molecule is c1ccc(-c2cc(-c3ccccc3)cc(-n3c4ccccc4c4c5c6ccccc6n(-c6ccc7c(c6)c6ccccc6n7-c6nc7ccccc7nc6-c6ccccc6)c5ccc43)c2)cc1.c1ccc(-c2ccc(-c3cccc(-n4c5ccccc5c5c6c7ccccc7n(-c7ccc8c(c7)c7ccccc7n8-c7nc8ccccc8nc7-c7ccccc7)c6ccc54)c3)cc2)cc1. The van der Waals surface area contributed by atoms with Crippen molar-refractivity contribution in [1.29, 1.82) is 0 Å². The topological polar surface area (TPSA) is 81.1 Å². The minimum absolute atomic E-state index is 0.810. The minimum Gasteiger partial charge on any atom is -0.309 e. The van der Waals surface area contributed by atoms with Gasteiger partial charge in [-0.25, -0.2) is 19.9 Å². The number of para-hydroxylation sites is 10. The third kappa shape index (κ3) is 12.1. The van der Waals surface area contributed by atoms with Gasteiger partial charge < -0.3 is 18.3 Å². The molecule has 28 rings (SSSR count). The van der Waals surface area contributed by atoms with Crippen molar-refractivity contribution in [2.75, 3.05) is 0 Å². The van der Waals surface area contributed by atoms with Crippen LogP contribution in [-0.4, -0.2) is 47.3 Å². The second kappa shape index (κ2) is 30.8. The third-order valence-electron chi connectivity index (χ3n) is 27.2. The summed E-state index contributed by atoms with van der Waals surface area (Å²) in [5, 5.41) is 14.5. The van der Waals surface area contributed by atoms with E-state index in [9.17, 15) is 0 Å². The van der Waals surface area contributed by atoms with Gasteiger partial charge in [0.15, 0.2) is 11.6 Å². The highest BCUT2D eigenvalue weighted by Crippen LogP contribution is 2.49. The van der Waals surface area contributed by atoms with Crippen LogP contribution < -0.4 is 0 Å². The Morgan fingerprint density at radius 2 is 0.373 bits per heavy atom. The average molecular weight is 1710 g/mol. The molecule has 20 aromatic carbocycles. The Morgan fingerprint density at radius 1 is 0.127 bits per heavy atom. The molecule has 0 unspecified atom stereocenters. The standard InChI is InChI=1S/2C62H39N5/c1-4-18-40(19-5-1)43-36-44(41-20-6-2-7-21-41)38-46(37-43)66-55-31-17-12-26-49(55)60-58(66)35-34-57-59(60)48-25-11-16-30-54(48)65(57)45-32-33-56-50(39-45)47-24-10-15-29-53(47)67(56)62-61(42-22-8-3-9-23-42)63-51-27-13-14-28-52(51)64-62;1-3-16-40(17-4-1)41-30-32-42(33-31-41)44-20-15-21-45(38-44)65-54-28-13-8-23-48(54)59-57(65)36-37-58-60(59)49-24-9-14-29-55(49)66(58)46-34-35-56-50(39-46)47-22-7-12-27-53(47)67(56)62-61(43-18-5-2-6-19-43)63-51-25-10-11-26-52(51)64-62/h2*1-39H. The maximum Gasteiger partial charge on any atom is 0.165 e. The molecular weight excluding hydrogens is 1630 g/mol. The van der Waals surface area contributed by atoms with E-state index in [2.05, 4.69) is 440 Å². The zero-order chi connectivity index (χ0) is 88.0. The number of fused-ring (bicyclic) bond motifs is 22. The van der Waals surface area contributed by atoms with Crippen LogP contribution in [-0.2, 0) is 0 Å². The summed E-state index contributed by atoms with van der Waals surface area (Å²) >= 11 is 0. The molecule has 0 saturated heterocycles.